The molecule has 0 saturated carbocycles. The van der Waals surface area contributed by atoms with E-state index in [2.05, 4.69) is 50.0 Å². The quantitative estimate of drug-likeness (QED) is 0.705. The van der Waals surface area contributed by atoms with Crippen LogP contribution in [0.3, 0.4) is 0 Å². The zero-order valence-corrected chi connectivity index (χ0v) is 20.5. The molecular weight excluding hydrogens is 400 g/mol. The van der Waals surface area contributed by atoms with Crippen LogP contribution in [0, 0.1) is 0 Å². The molecule has 0 radical (unpaired) electrons. The third-order valence-electron chi connectivity index (χ3n) is 6.95. The Labute approximate surface area is 194 Å². The summed E-state index contributed by atoms with van der Waals surface area (Å²) in [5, 5.41) is 3.29. The zero-order valence-electron chi connectivity index (χ0n) is 20.5. The first kappa shape index (κ1) is 24.7. The molecule has 6 heteroatoms. The van der Waals surface area contributed by atoms with Gasteiger partial charge in [0.2, 0.25) is 5.91 Å². The Morgan fingerprint density at radius 1 is 1.03 bits per heavy atom. The Morgan fingerprint density at radius 3 is 2.34 bits per heavy atom. The molecule has 2 fully saturated rings. The molecule has 32 heavy (non-hydrogen) atoms. The Kier molecular flexibility index (Phi) is 8.72. The lowest BCUT2D eigenvalue weighted by molar-refractivity contribution is -0.131. The fourth-order valence-electron chi connectivity index (χ4n) is 4.65. The molecule has 2 heterocycles. The average molecular weight is 443 g/mol. The van der Waals surface area contributed by atoms with Crippen LogP contribution in [-0.2, 0) is 10.2 Å². The van der Waals surface area contributed by atoms with Gasteiger partial charge < -0.3 is 15.1 Å². The number of piperazine rings is 1. The first-order valence-corrected chi connectivity index (χ1v) is 12.4. The van der Waals surface area contributed by atoms with Gasteiger partial charge in [0.05, 0.1) is 0 Å². The smallest absolute Gasteiger partial charge is 0.253 e. The fraction of sp³-hybridized carbons (Fsp3) is 0.692. The Morgan fingerprint density at radius 2 is 1.72 bits per heavy atom. The summed E-state index contributed by atoms with van der Waals surface area (Å²) in [4.78, 5) is 32.5. The van der Waals surface area contributed by atoms with Crippen molar-refractivity contribution in [3.05, 3.63) is 35.4 Å². The van der Waals surface area contributed by atoms with Crippen LogP contribution in [-0.4, -0.2) is 84.9 Å². The second-order valence-electron chi connectivity index (χ2n) is 10.4. The molecule has 0 bridgehead atoms. The van der Waals surface area contributed by atoms with Gasteiger partial charge in [0.25, 0.3) is 5.91 Å². The molecule has 0 spiro atoms. The predicted molar refractivity (Wildman–Crippen MR) is 130 cm³/mol. The van der Waals surface area contributed by atoms with E-state index in [-0.39, 0.29) is 17.2 Å². The van der Waals surface area contributed by atoms with Crippen molar-refractivity contribution in [2.24, 2.45) is 0 Å². The van der Waals surface area contributed by atoms with Gasteiger partial charge in [0, 0.05) is 63.8 Å². The number of benzene rings is 1. The number of likely N-dealkylation sites (tertiary alicyclic amines) is 1. The van der Waals surface area contributed by atoms with E-state index in [1.807, 2.05) is 21.9 Å². The zero-order chi connectivity index (χ0) is 23.1. The van der Waals surface area contributed by atoms with Gasteiger partial charge >= 0.3 is 0 Å². The molecule has 2 amide bonds. The molecule has 1 atom stereocenters. The summed E-state index contributed by atoms with van der Waals surface area (Å²) in [6, 6.07) is 8.57. The first-order chi connectivity index (χ1) is 15.3. The molecule has 0 aromatic heterocycles. The van der Waals surface area contributed by atoms with Crippen molar-refractivity contribution in [3.63, 3.8) is 0 Å². The van der Waals surface area contributed by atoms with Crippen molar-refractivity contribution in [1.29, 1.82) is 0 Å². The molecule has 1 aromatic carbocycles. The van der Waals surface area contributed by atoms with Crippen molar-refractivity contribution < 1.29 is 9.59 Å². The highest BCUT2D eigenvalue weighted by atomic mass is 16.2. The third kappa shape index (κ3) is 6.79. The van der Waals surface area contributed by atoms with E-state index in [0.717, 1.165) is 39.3 Å². The molecule has 2 aliphatic rings. The van der Waals surface area contributed by atoms with Gasteiger partial charge in [-0.05, 0) is 49.4 Å². The lowest BCUT2D eigenvalue weighted by Crippen LogP contribution is -2.48. The molecule has 1 aromatic rings. The summed E-state index contributed by atoms with van der Waals surface area (Å²) >= 11 is 0. The molecule has 1 N–H and O–H groups in total. The highest BCUT2D eigenvalue weighted by molar-refractivity contribution is 5.94. The molecule has 2 aliphatic heterocycles. The second kappa shape index (κ2) is 11.3. The first-order valence-electron chi connectivity index (χ1n) is 12.4. The summed E-state index contributed by atoms with van der Waals surface area (Å²) < 4.78 is 0. The number of nitrogens with zero attached hydrogens (tertiary/aromatic N) is 3. The summed E-state index contributed by atoms with van der Waals surface area (Å²) in [6.07, 6.45) is 4.14. The molecular formula is C26H42N4O2. The van der Waals surface area contributed by atoms with E-state index in [0.29, 0.717) is 31.1 Å². The van der Waals surface area contributed by atoms with Crippen LogP contribution in [0.5, 0.6) is 0 Å². The number of hydrogen-bond donors (Lipinski definition) is 1. The van der Waals surface area contributed by atoms with Gasteiger partial charge in [-0.25, -0.2) is 0 Å². The summed E-state index contributed by atoms with van der Waals surface area (Å²) in [5.74, 6) is 0.182. The monoisotopic (exact) mass is 442 g/mol. The van der Waals surface area contributed by atoms with Crippen LogP contribution in [0.1, 0.15) is 69.3 Å². The number of hydrogen-bond acceptors (Lipinski definition) is 4. The van der Waals surface area contributed by atoms with Gasteiger partial charge in [-0.1, -0.05) is 39.3 Å². The van der Waals surface area contributed by atoms with E-state index in [9.17, 15) is 9.59 Å². The van der Waals surface area contributed by atoms with Gasteiger partial charge in [0.1, 0.15) is 0 Å². The number of rotatable bonds is 7. The predicted octanol–water partition coefficient (Wildman–Crippen LogP) is 3.12. The molecule has 6 nitrogen and oxygen atoms in total. The maximum atomic E-state index is 13.4. The maximum Gasteiger partial charge on any atom is 0.253 e. The normalized spacial score (nSPS) is 20.2. The molecule has 3 rings (SSSR count). The average Bonchev–Trinajstić information content (AvgIpc) is 2.79. The van der Waals surface area contributed by atoms with Gasteiger partial charge in [-0.3, -0.25) is 14.5 Å². The van der Waals surface area contributed by atoms with Gasteiger partial charge in [0.15, 0.2) is 0 Å². The van der Waals surface area contributed by atoms with Crippen LogP contribution >= 0.6 is 0 Å². The Bertz CT molecular complexity index is 750. The minimum Gasteiger partial charge on any atom is -0.340 e. The van der Waals surface area contributed by atoms with Crippen LogP contribution in [0.25, 0.3) is 0 Å². The maximum absolute atomic E-state index is 13.4. The topological polar surface area (TPSA) is 55.9 Å². The molecule has 2 saturated heterocycles. The third-order valence-corrected chi connectivity index (χ3v) is 6.95. The minimum absolute atomic E-state index is 0.0308. The highest BCUT2D eigenvalue weighted by Crippen LogP contribution is 2.23. The minimum atomic E-state index is 0.0308. The standard InChI is InChI=1S/C26H42N4O2/c1-21-7-5-6-15-28(21)19-20-30(16-12-24(31)29-17-13-27-14-18-29)25(32)22-8-10-23(11-9-22)26(2,3)4/h8-11,21,27H,5-7,12-20H2,1-4H3/t21-/m1/s1. The van der Waals surface area contributed by atoms with Gasteiger partial charge in [-0.15, -0.1) is 0 Å². The van der Waals surface area contributed by atoms with Crippen LogP contribution < -0.4 is 5.32 Å². The summed E-state index contributed by atoms with van der Waals surface area (Å²) in [5.41, 5.74) is 1.98. The van der Waals surface area contributed by atoms with E-state index < -0.39 is 0 Å². The highest BCUT2D eigenvalue weighted by Gasteiger charge is 2.24. The summed E-state index contributed by atoms with van der Waals surface area (Å²) in [7, 11) is 0. The number of carbonyl (C=O) groups is 2. The van der Waals surface area contributed by atoms with Crippen LogP contribution in [0.2, 0.25) is 0 Å². The largest absolute Gasteiger partial charge is 0.340 e. The Hall–Kier alpha value is -1.92. The van der Waals surface area contributed by atoms with Crippen molar-refractivity contribution in [1.82, 2.24) is 20.0 Å². The summed E-state index contributed by atoms with van der Waals surface area (Å²) in [6.45, 7) is 15.1. The van der Waals surface area contributed by atoms with E-state index in [1.54, 1.807) is 0 Å². The van der Waals surface area contributed by atoms with Gasteiger partial charge in [-0.2, -0.15) is 0 Å². The van der Waals surface area contributed by atoms with Crippen molar-refractivity contribution >= 4 is 11.8 Å². The van der Waals surface area contributed by atoms with Crippen molar-refractivity contribution in [2.75, 3.05) is 52.4 Å². The van der Waals surface area contributed by atoms with E-state index in [4.69, 9.17) is 0 Å². The molecule has 0 aliphatic carbocycles. The van der Waals surface area contributed by atoms with Crippen molar-refractivity contribution in [2.45, 2.75) is 64.8 Å². The lowest BCUT2D eigenvalue weighted by atomic mass is 9.86. The molecule has 0 unspecified atom stereocenters. The molecule has 178 valence electrons. The number of nitrogens with one attached hydrogen (secondary N) is 1. The number of piperidine rings is 1. The second-order valence-corrected chi connectivity index (χ2v) is 10.4. The SMILES string of the molecule is C[C@@H]1CCCCN1CCN(CCC(=O)N1CCNCC1)C(=O)c1ccc(C(C)(C)C)cc1. The number of carbonyl (C=O) groups excluding carboxylic acids is 2. The fourth-order valence-corrected chi connectivity index (χ4v) is 4.65. The number of amides is 2. The van der Waals surface area contributed by atoms with E-state index >= 15 is 0 Å². The van der Waals surface area contributed by atoms with E-state index in [1.165, 1.54) is 24.8 Å². The van der Waals surface area contributed by atoms with Crippen molar-refractivity contribution in [3.8, 4) is 0 Å². The van der Waals surface area contributed by atoms with Crippen LogP contribution in [0.15, 0.2) is 24.3 Å². The van der Waals surface area contributed by atoms with Crippen LogP contribution in [0.4, 0.5) is 0 Å². The lowest BCUT2D eigenvalue weighted by Gasteiger charge is -2.35. The Balaban J connectivity index is 1.66.